The van der Waals surface area contributed by atoms with Gasteiger partial charge in [0, 0.05) is 19.0 Å². The maximum Gasteiger partial charge on any atom is 0.410 e. The molecule has 0 aromatic carbocycles. The first kappa shape index (κ1) is 12.5. The highest BCUT2D eigenvalue weighted by Crippen LogP contribution is 2.19. The Labute approximate surface area is 95.6 Å². The summed E-state index contributed by atoms with van der Waals surface area (Å²) in [6, 6.07) is 0. The van der Waals surface area contributed by atoms with Crippen molar-refractivity contribution in [2.45, 2.75) is 13.8 Å². The fraction of sp³-hybridized carbons (Fsp3) is 0.500. The van der Waals surface area contributed by atoms with Crippen molar-refractivity contribution in [2.75, 3.05) is 19.7 Å². The zero-order chi connectivity index (χ0) is 12.1. The van der Waals surface area contributed by atoms with Crippen molar-refractivity contribution in [3.05, 3.63) is 24.3 Å². The van der Waals surface area contributed by atoms with Gasteiger partial charge in [-0.05, 0) is 19.4 Å². The number of ketones is 1. The second-order valence-electron chi connectivity index (χ2n) is 3.94. The quantitative estimate of drug-likeness (QED) is 0.539. The van der Waals surface area contributed by atoms with Crippen molar-refractivity contribution in [3.8, 4) is 0 Å². The van der Waals surface area contributed by atoms with Crippen molar-refractivity contribution in [1.29, 1.82) is 0 Å². The Bertz CT molecular complexity index is 327. The van der Waals surface area contributed by atoms with E-state index in [1.165, 1.54) is 6.08 Å². The van der Waals surface area contributed by atoms with E-state index in [2.05, 4.69) is 6.58 Å². The summed E-state index contributed by atoms with van der Waals surface area (Å²) >= 11 is 0. The highest BCUT2D eigenvalue weighted by atomic mass is 16.6. The van der Waals surface area contributed by atoms with Crippen LogP contribution in [-0.4, -0.2) is 36.5 Å². The second-order valence-corrected chi connectivity index (χ2v) is 3.94. The minimum absolute atomic E-state index is 0.0766. The number of carbonyl (C=O) groups is 2. The molecule has 16 heavy (non-hydrogen) atoms. The fourth-order valence-electron chi connectivity index (χ4n) is 1.46. The topological polar surface area (TPSA) is 46.6 Å². The molecule has 0 aromatic rings. The van der Waals surface area contributed by atoms with Crippen LogP contribution in [0.2, 0.25) is 0 Å². The Hall–Kier alpha value is -1.58. The normalized spacial score (nSPS) is 16.6. The van der Waals surface area contributed by atoms with Gasteiger partial charge in [-0.2, -0.15) is 0 Å². The van der Waals surface area contributed by atoms with Gasteiger partial charge in [-0.1, -0.05) is 18.7 Å². The van der Waals surface area contributed by atoms with E-state index in [4.69, 9.17) is 4.74 Å². The lowest BCUT2D eigenvalue weighted by molar-refractivity contribution is -0.113. The monoisotopic (exact) mass is 223 g/mol. The predicted octanol–water partition coefficient (Wildman–Crippen LogP) is 1.78. The Balaban J connectivity index is 2.32. The van der Waals surface area contributed by atoms with E-state index in [9.17, 15) is 9.59 Å². The lowest BCUT2D eigenvalue weighted by Crippen LogP contribution is -2.49. The maximum absolute atomic E-state index is 11.3. The van der Waals surface area contributed by atoms with Crippen LogP contribution in [0.1, 0.15) is 13.8 Å². The van der Waals surface area contributed by atoms with E-state index >= 15 is 0 Å². The number of amides is 1. The lowest BCUT2D eigenvalue weighted by atomic mass is 9.97. The highest BCUT2D eigenvalue weighted by molar-refractivity contribution is 5.92. The molecule has 0 radical (unpaired) electrons. The molecule has 0 saturated carbocycles. The number of hydrogen-bond donors (Lipinski definition) is 0. The van der Waals surface area contributed by atoms with Gasteiger partial charge in [0.1, 0.15) is 6.61 Å². The number of rotatable bonds is 4. The van der Waals surface area contributed by atoms with E-state index in [0.29, 0.717) is 13.1 Å². The number of likely N-dealkylation sites (tertiary alicyclic amines) is 1. The summed E-state index contributed by atoms with van der Waals surface area (Å²) in [5.41, 5.74) is 0.754. The standard InChI is InChI=1S/C12H17NO3/c1-4-5-16-12(15)13-7-11(8-13)6-9(2)10(3)14/h4,6,11H,1,5,7-8H2,2-3H3. The van der Waals surface area contributed by atoms with Gasteiger partial charge >= 0.3 is 6.09 Å². The molecule has 1 aliphatic rings. The van der Waals surface area contributed by atoms with Gasteiger partial charge in [-0.15, -0.1) is 0 Å². The Kier molecular flexibility index (Phi) is 4.28. The van der Waals surface area contributed by atoms with Crippen LogP contribution in [0.5, 0.6) is 0 Å². The Morgan fingerprint density at radius 1 is 1.44 bits per heavy atom. The van der Waals surface area contributed by atoms with Crippen LogP contribution in [-0.2, 0) is 9.53 Å². The number of allylic oxidation sites excluding steroid dienone is 1. The first-order valence-corrected chi connectivity index (χ1v) is 5.26. The molecular formula is C12H17NO3. The molecule has 0 N–H and O–H groups in total. The summed E-state index contributed by atoms with van der Waals surface area (Å²) in [6.07, 6.45) is 3.14. The van der Waals surface area contributed by atoms with E-state index in [1.807, 2.05) is 6.08 Å². The van der Waals surface area contributed by atoms with Crippen LogP contribution >= 0.6 is 0 Å². The third-order valence-corrected chi connectivity index (χ3v) is 2.53. The van der Waals surface area contributed by atoms with Crippen LogP contribution in [0, 0.1) is 5.92 Å². The molecule has 0 unspecified atom stereocenters. The number of hydrogen-bond acceptors (Lipinski definition) is 3. The number of carbonyl (C=O) groups excluding carboxylic acids is 2. The van der Waals surface area contributed by atoms with Gasteiger partial charge in [-0.25, -0.2) is 4.79 Å². The number of nitrogens with zero attached hydrogens (tertiary/aromatic N) is 1. The van der Waals surface area contributed by atoms with Gasteiger partial charge in [0.25, 0.3) is 0 Å². The van der Waals surface area contributed by atoms with Crippen LogP contribution < -0.4 is 0 Å². The van der Waals surface area contributed by atoms with Crippen molar-refractivity contribution < 1.29 is 14.3 Å². The van der Waals surface area contributed by atoms with Crippen LogP contribution in [0.4, 0.5) is 4.79 Å². The minimum atomic E-state index is -0.315. The Morgan fingerprint density at radius 2 is 2.06 bits per heavy atom. The molecule has 0 atom stereocenters. The van der Waals surface area contributed by atoms with Crippen molar-refractivity contribution in [1.82, 2.24) is 4.90 Å². The van der Waals surface area contributed by atoms with Crippen LogP contribution in [0.15, 0.2) is 24.3 Å². The van der Waals surface area contributed by atoms with E-state index in [1.54, 1.807) is 18.7 Å². The molecular weight excluding hydrogens is 206 g/mol. The summed E-state index contributed by atoms with van der Waals surface area (Å²) in [5.74, 6) is 0.355. The van der Waals surface area contributed by atoms with Gasteiger partial charge < -0.3 is 9.64 Å². The SMILES string of the molecule is C=CCOC(=O)N1CC(C=C(C)C(C)=O)C1. The minimum Gasteiger partial charge on any atom is -0.445 e. The fourth-order valence-corrected chi connectivity index (χ4v) is 1.46. The zero-order valence-corrected chi connectivity index (χ0v) is 9.73. The third-order valence-electron chi connectivity index (χ3n) is 2.53. The lowest BCUT2D eigenvalue weighted by Gasteiger charge is -2.36. The molecule has 1 fully saturated rings. The summed E-state index contributed by atoms with van der Waals surface area (Å²) in [6.45, 7) is 8.29. The predicted molar refractivity (Wildman–Crippen MR) is 61.0 cm³/mol. The molecule has 1 aliphatic heterocycles. The summed E-state index contributed by atoms with van der Waals surface area (Å²) in [4.78, 5) is 23.9. The molecule has 0 spiro atoms. The van der Waals surface area contributed by atoms with Gasteiger partial charge in [0.2, 0.25) is 0 Å². The molecule has 1 amide bonds. The molecule has 88 valence electrons. The molecule has 1 heterocycles. The molecule has 1 saturated heterocycles. The van der Waals surface area contributed by atoms with E-state index < -0.39 is 0 Å². The van der Waals surface area contributed by atoms with Crippen molar-refractivity contribution in [3.63, 3.8) is 0 Å². The second kappa shape index (κ2) is 5.49. The summed E-state index contributed by atoms with van der Waals surface area (Å²) in [7, 11) is 0. The molecule has 1 rings (SSSR count). The Morgan fingerprint density at radius 3 is 2.56 bits per heavy atom. The molecule has 4 heteroatoms. The first-order valence-electron chi connectivity index (χ1n) is 5.26. The summed E-state index contributed by atoms with van der Waals surface area (Å²) in [5, 5.41) is 0. The van der Waals surface area contributed by atoms with E-state index in [0.717, 1.165) is 5.57 Å². The molecule has 0 bridgehead atoms. The van der Waals surface area contributed by atoms with Crippen LogP contribution in [0.3, 0.4) is 0 Å². The van der Waals surface area contributed by atoms with E-state index in [-0.39, 0.29) is 24.4 Å². The first-order chi connectivity index (χ1) is 7.54. The molecule has 4 nitrogen and oxygen atoms in total. The molecule has 0 aromatic heterocycles. The van der Waals surface area contributed by atoms with Gasteiger partial charge in [0.05, 0.1) is 0 Å². The average molecular weight is 223 g/mol. The highest BCUT2D eigenvalue weighted by Gasteiger charge is 2.30. The number of ether oxygens (including phenoxy) is 1. The largest absolute Gasteiger partial charge is 0.445 e. The average Bonchev–Trinajstić information content (AvgIpc) is 2.18. The van der Waals surface area contributed by atoms with Gasteiger partial charge in [-0.3, -0.25) is 4.79 Å². The van der Waals surface area contributed by atoms with Crippen LogP contribution in [0.25, 0.3) is 0 Å². The van der Waals surface area contributed by atoms with Gasteiger partial charge in [0.15, 0.2) is 5.78 Å². The van der Waals surface area contributed by atoms with Crippen molar-refractivity contribution in [2.24, 2.45) is 5.92 Å². The third kappa shape index (κ3) is 3.22. The summed E-state index contributed by atoms with van der Waals surface area (Å²) < 4.78 is 4.88. The smallest absolute Gasteiger partial charge is 0.410 e. The number of Topliss-reactive ketones (excluding diaryl/α,β-unsaturated/α-hetero) is 1. The van der Waals surface area contributed by atoms with Crippen molar-refractivity contribution >= 4 is 11.9 Å². The zero-order valence-electron chi connectivity index (χ0n) is 9.73. The molecule has 0 aliphatic carbocycles. The maximum atomic E-state index is 11.3.